The third-order valence-corrected chi connectivity index (χ3v) is 2.85. The molecule has 0 aliphatic carbocycles. The van der Waals surface area contributed by atoms with E-state index in [1.54, 1.807) is 6.20 Å². The van der Waals surface area contributed by atoms with Crippen molar-refractivity contribution in [2.45, 2.75) is 19.4 Å². The Labute approximate surface area is 101 Å². The summed E-state index contributed by atoms with van der Waals surface area (Å²) < 4.78 is 7.60. The van der Waals surface area contributed by atoms with E-state index in [4.69, 9.17) is 10.5 Å². The van der Waals surface area contributed by atoms with E-state index in [-0.39, 0.29) is 6.10 Å². The molecule has 2 N–H and O–H groups in total. The second kappa shape index (κ2) is 5.25. The van der Waals surface area contributed by atoms with E-state index in [0.29, 0.717) is 13.2 Å². The minimum absolute atomic E-state index is 0.0310. The number of hydrogen-bond acceptors (Lipinski definition) is 4. The molecule has 0 spiro atoms. The molecule has 1 atom stereocenters. The summed E-state index contributed by atoms with van der Waals surface area (Å²) in [4.78, 5) is 8.68. The third-order valence-electron chi connectivity index (χ3n) is 2.85. The van der Waals surface area contributed by atoms with Gasteiger partial charge in [0.25, 0.3) is 0 Å². The molecule has 0 fully saturated rings. The highest BCUT2D eigenvalue weighted by atomic mass is 16.5. The summed E-state index contributed by atoms with van der Waals surface area (Å²) in [5.74, 6) is 0.983. The van der Waals surface area contributed by atoms with Crippen molar-refractivity contribution in [1.29, 1.82) is 0 Å². The smallest absolute Gasteiger partial charge is 0.112 e. The number of ether oxygens (including phenoxy) is 1. The quantitative estimate of drug-likeness (QED) is 0.833. The molecule has 0 aliphatic rings. The van der Waals surface area contributed by atoms with Crippen LogP contribution < -0.4 is 5.73 Å². The molecule has 5 nitrogen and oxygen atoms in total. The zero-order valence-corrected chi connectivity index (χ0v) is 10.3. The van der Waals surface area contributed by atoms with Gasteiger partial charge in [-0.15, -0.1) is 0 Å². The average Bonchev–Trinajstić information content (AvgIpc) is 2.66. The first kappa shape index (κ1) is 12.0. The van der Waals surface area contributed by atoms with Gasteiger partial charge in [-0.2, -0.15) is 0 Å². The van der Waals surface area contributed by atoms with Crippen LogP contribution in [0.3, 0.4) is 0 Å². The minimum atomic E-state index is 0.0310. The van der Waals surface area contributed by atoms with E-state index in [9.17, 15) is 0 Å². The van der Waals surface area contributed by atoms with Gasteiger partial charge in [-0.1, -0.05) is 0 Å². The zero-order chi connectivity index (χ0) is 12.3. The second-order valence-electron chi connectivity index (χ2n) is 3.97. The predicted molar refractivity (Wildman–Crippen MR) is 66.7 cm³/mol. The Balaban J connectivity index is 2.26. The number of hydrogen-bond donors (Lipinski definition) is 1. The Morgan fingerprint density at radius 3 is 3.00 bits per heavy atom. The molecule has 17 heavy (non-hydrogen) atoms. The van der Waals surface area contributed by atoms with Gasteiger partial charge in [0.05, 0.1) is 23.3 Å². The fourth-order valence-electron chi connectivity index (χ4n) is 1.92. The summed E-state index contributed by atoms with van der Waals surface area (Å²) in [6.07, 6.45) is 4.34. The van der Waals surface area contributed by atoms with Gasteiger partial charge in [0.2, 0.25) is 0 Å². The summed E-state index contributed by atoms with van der Waals surface area (Å²) in [7, 11) is 1.99. The fraction of sp³-hybridized carbons (Fsp3) is 0.500. The maximum absolute atomic E-state index is 5.68. The Kier molecular flexibility index (Phi) is 3.71. The lowest BCUT2D eigenvalue weighted by Gasteiger charge is -2.14. The van der Waals surface area contributed by atoms with Gasteiger partial charge in [0.15, 0.2) is 0 Å². The third kappa shape index (κ3) is 2.45. The summed E-state index contributed by atoms with van der Waals surface area (Å²) in [6, 6.07) is 1.91. The van der Waals surface area contributed by atoms with E-state index >= 15 is 0 Å². The average molecular weight is 234 g/mol. The molecule has 92 valence electrons. The van der Waals surface area contributed by atoms with Crippen LogP contribution in [0, 0.1) is 0 Å². The van der Waals surface area contributed by atoms with Gasteiger partial charge in [-0.3, -0.25) is 4.98 Å². The molecule has 1 unspecified atom stereocenters. The van der Waals surface area contributed by atoms with Gasteiger partial charge in [0, 0.05) is 32.8 Å². The molecule has 2 rings (SSSR count). The predicted octanol–water partition coefficient (Wildman–Crippen LogP) is 0.875. The van der Waals surface area contributed by atoms with Crippen LogP contribution in [0.4, 0.5) is 0 Å². The minimum Gasteiger partial charge on any atom is -0.377 e. The number of nitrogens with two attached hydrogens (primary N) is 1. The Morgan fingerprint density at radius 2 is 2.35 bits per heavy atom. The van der Waals surface area contributed by atoms with E-state index < -0.39 is 0 Å². The van der Waals surface area contributed by atoms with Crippen molar-refractivity contribution in [3.8, 4) is 0 Å². The molecule has 0 bridgehead atoms. The molecule has 5 heteroatoms. The van der Waals surface area contributed by atoms with E-state index in [2.05, 4.69) is 9.97 Å². The lowest BCUT2D eigenvalue weighted by Crippen LogP contribution is -2.27. The first-order chi connectivity index (χ1) is 8.26. The maximum atomic E-state index is 5.68. The monoisotopic (exact) mass is 234 g/mol. The number of aryl methyl sites for hydroxylation is 1. The van der Waals surface area contributed by atoms with Crippen LogP contribution >= 0.6 is 0 Å². The van der Waals surface area contributed by atoms with Crippen LogP contribution in [-0.4, -0.2) is 33.8 Å². The van der Waals surface area contributed by atoms with Gasteiger partial charge in [0.1, 0.15) is 5.82 Å². The van der Waals surface area contributed by atoms with Gasteiger partial charge in [-0.05, 0) is 13.0 Å². The van der Waals surface area contributed by atoms with Crippen LogP contribution in [-0.2, 0) is 18.2 Å². The van der Waals surface area contributed by atoms with Crippen LogP contribution in [0.25, 0.3) is 11.0 Å². The summed E-state index contributed by atoms with van der Waals surface area (Å²) in [5, 5.41) is 0. The van der Waals surface area contributed by atoms with Gasteiger partial charge < -0.3 is 15.0 Å². The standard InChI is InChI=1S/C12H18N4O/c1-3-17-9(7-13)6-12-15-10-4-5-14-8-11(10)16(12)2/h4-5,8-9H,3,6-7,13H2,1-2H3. The van der Waals surface area contributed by atoms with Crippen molar-refractivity contribution >= 4 is 11.0 Å². The summed E-state index contributed by atoms with van der Waals surface area (Å²) in [5.41, 5.74) is 7.68. The maximum Gasteiger partial charge on any atom is 0.112 e. The van der Waals surface area contributed by atoms with E-state index in [1.165, 1.54) is 0 Å². The molecule has 0 saturated heterocycles. The van der Waals surface area contributed by atoms with Crippen LogP contribution in [0.5, 0.6) is 0 Å². The second-order valence-corrected chi connectivity index (χ2v) is 3.97. The molecule has 0 amide bonds. The molecular weight excluding hydrogens is 216 g/mol. The van der Waals surface area contributed by atoms with Gasteiger partial charge in [-0.25, -0.2) is 4.98 Å². The summed E-state index contributed by atoms with van der Waals surface area (Å²) in [6.45, 7) is 3.16. The van der Waals surface area contributed by atoms with E-state index in [1.807, 2.05) is 30.8 Å². The van der Waals surface area contributed by atoms with Crippen LogP contribution in [0.1, 0.15) is 12.7 Å². The Hall–Kier alpha value is -1.46. The largest absolute Gasteiger partial charge is 0.377 e. The molecule has 0 saturated carbocycles. The highest BCUT2D eigenvalue weighted by molar-refractivity contribution is 5.74. The first-order valence-corrected chi connectivity index (χ1v) is 5.83. The fourth-order valence-corrected chi connectivity index (χ4v) is 1.92. The highest BCUT2D eigenvalue weighted by Crippen LogP contribution is 2.14. The molecular formula is C12H18N4O. The highest BCUT2D eigenvalue weighted by Gasteiger charge is 2.13. The van der Waals surface area contributed by atoms with Crippen LogP contribution in [0.2, 0.25) is 0 Å². The number of aromatic nitrogens is 3. The topological polar surface area (TPSA) is 66.0 Å². The van der Waals surface area contributed by atoms with Crippen molar-refractivity contribution in [2.75, 3.05) is 13.2 Å². The SMILES string of the molecule is CCOC(CN)Cc1nc2ccncc2n1C. The summed E-state index contributed by atoms with van der Waals surface area (Å²) >= 11 is 0. The van der Waals surface area contributed by atoms with Crippen molar-refractivity contribution in [3.63, 3.8) is 0 Å². The lowest BCUT2D eigenvalue weighted by molar-refractivity contribution is 0.0677. The van der Waals surface area contributed by atoms with Crippen molar-refractivity contribution in [1.82, 2.24) is 14.5 Å². The number of rotatable bonds is 5. The molecule has 2 heterocycles. The number of imidazole rings is 1. The van der Waals surface area contributed by atoms with Crippen LogP contribution in [0.15, 0.2) is 18.5 Å². The molecule has 2 aromatic rings. The normalized spacial score (nSPS) is 13.1. The Bertz CT molecular complexity index is 494. The number of fused-ring (bicyclic) bond motifs is 1. The lowest BCUT2D eigenvalue weighted by atomic mass is 10.2. The molecule has 0 radical (unpaired) electrons. The molecule has 0 aliphatic heterocycles. The molecule has 0 aromatic carbocycles. The Morgan fingerprint density at radius 1 is 1.53 bits per heavy atom. The van der Waals surface area contributed by atoms with Crippen molar-refractivity contribution in [2.24, 2.45) is 12.8 Å². The number of pyridine rings is 1. The van der Waals surface area contributed by atoms with E-state index in [0.717, 1.165) is 23.3 Å². The first-order valence-electron chi connectivity index (χ1n) is 5.83. The zero-order valence-electron chi connectivity index (χ0n) is 10.3. The van der Waals surface area contributed by atoms with Gasteiger partial charge >= 0.3 is 0 Å². The van der Waals surface area contributed by atoms with Crippen molar-refractivity contribution in [3.05, 3.63) is 24.3 Å². The number of nitrogens with zero attached hydrogens (tertiary/aromatic N) is 3. The van der Waals surface area contributed by atoms with Crippen molar-refractivity contribution < 1.29 is 4.74 Å². The molecule has 2 aromatic heterocycles.